The SMILES string of the molecule is CC1(C)CCC(OC(=O)c2cc3c(C(=O)OC4CCC(C)(C)CC(C)(C)C4)c(C(=O)OC4CCC(C)(C)NC(C)(C)C4)ccc3cc2C(=O)OC2CCC(C)(C)NC(C)(C)C2)CC(C)(C)C1. The van der Waals surface area contributed by atoms with Gasteiger partial charge < -0.3 is 29.6 Å². The Morgan fingerprint density at radius 1 is 0.424 bits per heavy atom. The number of hydrogen-bond acceptors (Lipinski definition) is 10. The third-order valence-electron chi connectivity index (χ3n) is 14.9. The van der Waals surface area contributed by atoms with Crippen LogP contribution in [0.4, 0.5) is 0 Å². The molecule has 2 saturated heterocycles. The summed E-state index contributed by atoms with van der Waals surface area (Å²) in [7, 11) is 0. The molecule has 4 atom stereocenters. The van der Waals surface area contributed by atoms with E-state index in [1.165, 1.54) is 0 Å². The van der Waals surface area contributed by atoms with Gasteiger partial charge in [0.05, 0.1) is 22.3 Å². The zero-order chi connectivity index (χ0) is 49.1. The number of carbonyl (C=O) groups is 4. The fourth-order valence-electron chi connectivity index (χ4n) is 13.3. The predicted molar refractivity (Wildman–Crippen MR) is 263 cm³/mol. The van der Waals surface area contributed by atoms with Gasteiger partial charge in [-0.15, -0.1) is 0 Å². The summed E-state index contributed by atoms with van der Waals surface area (Å²) in [6, 6.07) is 6.53. The molecule has 0 radical (unpaired) electrons. The maximum Gasteiger partial charge on any atom is 0.339 e. The number of esters is 4. The van der Waals surface area contributed by atoms with E-state index in [0.29, 0.717) is 62.1 Å². The van der Waals surface area contributed by atoms with E-state index in [9.17, 15) is 14.4 Å². The summed E-state index contributed by atoms with van der Waals surface area (Å²) in [4.78, 5) is 59.1. The third kappa shape index (κ3) is 13.6. The number of fused-ring (bicyclic) bond motifs is 1. The van der Waals surface area contributed by atoms with E-state index in [1.54, 1.807) is 24.3 Å². The molecule has 0 aromatic heterocycles. The van der Waals surface area contributed by atoms with Crippen LogP contribution in [0, 0.1) is 21.7 Å². The summed E-state index contributed by atoms with van der Waals surface area (Å²) in [5.41, 5.74) is -0.825. The Labute approximate surface area is 397 Å². The van der Waals surface area contributed by atoms with Crippen LogP contribution in [0.1, 0.15) is 242 Å². The second-order valence-corrected chi connectivity index (χ2v) is 27.0. The lowest BCUT2D eigenvalue weighted by molar-refractivity contribution is 0.0156. The van der Waals surface area contributed by atoms with Crippen LogP contribution in [0.25, 0.3) is 10.8 Å². The van der Waals surface area contributed by atoms with Gasteiger partial charge in [0.15, 0.2) is 0 Å². The van der Waals surface area contributed by atoms with Gasteiger partial charge in [-0.3, -0.25) is 0 Å². The van der Waals surface area contributed by atoms with E-state index in [0.717, 1.165) is 38.5 Å². The van der Waals surface area contributed by atoms with Crippen molar-refractivity contribution in [2.45, 2.75) is 247 Å². The van der Waals surface area contributed by atoms with Gasteiger partial charge in [0.2, 0.25) is 0 Å². The van der Waals surface area contributed by atoms with Crippen molar-refractivity contribution in [1.82, 2.24) is 10.6 Å². The Morgan fingerprint density at radius 3 is 1.23 bits per heavy atom. The first-order chi connectivity index (χ1) is 30.1. The van der Waals surface area contributed by atoms with Crippen LogP contribution in [0.5, 0.6) is 0 Å². The average molecular weight is 915 g/mol. The fraction of sp³-hybridized carbons (Fsp3) is 0.750. The molecule has 4 unspecified atom stereocenters. The fourth-order valence-corrected chi connectivity index (χ4v) is 13.3. The number of ether oxygens (including phenoxy) is 4. The van der Waals surface area contributed by atoms with E-state index >= 15 is 4.79 Å². The van der Waals surface area contributed by atoms with Crippen LogP contribution in [0.3, 0.4) is 0 Å². The van der Waals surface area contributed by atoms with Gasteiger partial charge in [-0.2, -0.15) is 0 Å². The average Bonchev–Trinajstić information content (AvgIpc) is 3.43. The van der Waals surface area contributed by atoms with Gasteiger partial charge in [-0.25, -0.2) is 19.2 Å². The highest BCUT2D eigenvalue weighted by Crippen LogP contribution is 2.46. The minimum atomic E-state index is -0.663. The molecule has 66 heavy (non-hydrogen) atoms. The van der Waals surface area contributed by atoms with Crippen molar-refractivity contribution in [3.8, 4) is 0 Å². The first kappa shape index (κ1) is 51.9. The maximum atomic E-state index is 15.0. The molecule has 10 heteroatoms. The molecule has 2 saturated carbocycles. The topological polar surface area (TPSA) is 129 Å². The molecular formula is C56H86N2O8. The number of benzene rings is 2. The molecule has 2 N–H and O–H groups in total. The van der Waals surface area contributed by atoms with E-state index in [-0.39, 0.29) is 72.2 Å². The van der Waals surface area contributed by atoms with Crippen LogP contribution in [0.15, 0.2) is 24.3 Å². The number of rotatable bonds is 8. The Hall–Kier alpha value is -3.50. The van der Waals surface area contributed by atoms with Gasteiger partial charge in [0.25, 0.3) is 0 Å². The van der Waals surface area contributed by atoms with Crippen molar-refractivity contribution in [3.05, 3.63) is 46.5 Å². The monoisotopic (exact) mass is 915 g/mol. The Kier molecular flexibility index (Phi) is 14.5. The van der Waals surface area contributed by atoms with Crippen LogP contribution < -0.4 is 10.6 Å². The zero-order valence-corrected chi connectivity index (χ0v) is 43.8. The van der Waals surface area contributed by atoms with Crippen LogP contribution in [-0.2, 0) is 18.9 Å². The second-order valence-electron chi connectivity index (χ2n) is 27.0. The zero-order valence-electron chi connectivity index (χ0n) is 43.8. The molecule has 2 aromatic carbocycles. The summed E-state index contributed by atoms with van der Waals surface area (Å²) in [6.45, 7) is 35.0. The molecule has 368 valence electrons. The molecule has 0 spiro atoms. The lowest BCUT2D eigenvalue weighted by atomic mass is 9.74. The number of nitrogens with one attached hydrogen (secondary N) is 2. The van der Waals surface area contributed by atoms with Gasteiger partial charge >= 0.3 is 23.9 Å². The summed E-state index contributed by atoms with van der Waals surface area (Å²) in [6.07, 6.45) is 8.89. The summed E-state index contributed by atoms with van der Waals surface area (Å²) in [5, 5.41) is 8.24. The number of hydrogen-bond donors (Lipinski definition) is 2. The Bertz CT molecular complexity index is 2110. The molecule has 4 fully saturated rings. The standard InChI is InChI=1S/C56H86N2O8/c1-49(2)23-19-36(29-51(5,6)33-49)63-47(61)43-28-41-35(27-42(43)46(60)65-39-22-26-54(11,12)58-56(15,16)32-39)17-18-40(45(59)64-38-21-25-53(9,10)57-55(13,14)31-38)44(41)48(62)66-37-20-24-50(3,4)34-52(7,8)30-37/h17-18,27-28,36-39,57-58H,19-26,29-34H2,1-16H3. The van der Waals surface area contributed by atoms with Gasteiger partial charge in [-0.05, 0) is 183 Å². The predicted octanol–water partition coefficient (Wildman–Crippen LogP) is 12.9. The summed E-state index contributed by atoms with van der Waals surface area (Å²) in [5.74, 6) is -2.58. The molecule has 2 aliphatic heterocycles. The van der Waals surface area contributed by atoms with Crippen molar-refractivity contribution >= 4 is 34.6 Å². The summed E-state index contributed by atoms with van der Waals surface area (Å²) < 4.78 is 25.6. The first-order valence-electron chi connectivity index (χ1n) is 25.1. The molecular weight excluding hydrogens is 829 g/mol. The third-order valence-corrected chi connectivity index (χ3v) is 14.9. The quantitative estimate of drug-likeness (QED) is 0.150. The molecule has 0 amide bonds. The molecule has 2 aromatic rings. The molecule has 0 bridgehead atoms. The maximum absolute atomic E-state index is 15.0. The molecule has 2 heterocycles. The first-order valence-corrected chi connectivity index (χ1v) is 25.1. The lowest BCUT2D eigenvalue weighted by Gasteiger charge is -2.34. The van der Waals surface area contributed by atoms with Crippen molar-refractivity contribution in [3.63, 3.8) is 0 Å². The van der Waals surface area contributed by atoms with Crippen molar-refractivity contribution < 1.29 is 38.1 Å². The highest BCUT2D eigenvalue weighted by Gasteiger charge is 2.42. The van der Waals surface area contributed by atoms with E-state index in [1.807, 2.05) is 0 Å². The minimum absolute atomic E-state index is 0.00381. The van der Waals surface area contributed by atoms with Crippen LogP contribution >= 0.6 is 0 Å². The van der Waals surface area contributed by atoms with Crippen molar-refractivity contribution in [2.24, 2.45) is 21.7 Å². The largest absolute Gasteiger partial charge is 0.459 e. The highest BCUT2D eigenvalue weighted by atomic mass is 16.6. The smallest absolute Gasteiger partial charge is 0.339 e. The van der Waals surface area contributed by atoms with Gasteiger partial charge in [0.1, 0.15) is 24.4 Å². The Morgan fingerprint density at radius 2 is 0.788 bits per heavy atom. The molecule has 2 aliphatic carbocycles. The van der Waals surface area contributed by atoms with Crippen LogP contribution in [-0.4, -0.2) is 70.4 Å². The highest BCUT2D eigenvalue weighted by molar-refractivity contribution is 6.16. The lowest BCUT2D eigenvalue weighted by Crippen LogP contribution is -2.51. The van der Waals surface area contributed by atoms with Gasteiger partial charge in [0, 0.05) is 35.0 Å². The molecule has 10 nitrogen and oxygen atoms in total. The van der Waals surface area contributed by atoms with E-state index < -0.39 is 42.2 Å². The van der Waals surface area contributed by atoms with E-state index in [4.69, 9.17) is 18.9 Å². The minimum Gasteiger partial charge on any atom is -0.459 e. The number of carbonyl (C=O) groups excluding carboxylic acids is 4. The molecule has 4 aliphatic rings. The van der Waals surface area contributed by atoms with Gasteiger partial charge in [-0.1, -0.05) is 61.5 Å². The van der Waals surface area contributed by atoms with Crippen LogP contribution in [0.2, 0.25) is 0 Å². The van der Waals surface area contributed by atoms with Crippen molar-refractivity contribution in [1.29, 1.82) is 0 Å². The summed E-state index contributed by atoms with van der Waals surface area (Å²) >= 11 is 0. The van der Waals surface area contributed by atoms with Crippen molar-refractivity contribution in [2.75, 3.05) is 0 Å². The van der Waals surface area contributed by atoms with E-state index in [2.05, 4.69) is 121 Å². The second kappa shape index (κ2) is 18.4. The molecule has 6 rings (SSSR count). The Balaban J connectivity index is 1.47. The normalized spacial score (nSPS) is 28.5.